The summed E-state index contributed by atoms with van der Waals surface area (Å²) in [6.07, 6.45) is -75.8. The van der Waals surface area contributed by atoms with E-state index in [1.165, 1.54) is 0 Å². The van der Waals surface area contributed by atoms with Gasteiger partial charge in [-0.1, -0.05) is 0 Å². The quantitative estimate of drug-likeness (QED) is 0.0756. The first-order valence-electron chi connectivity index (χ1n) is 30.5. The molecule has 0 spiro atoms. The number of nitrogens with zero attached hydrogens (tertiary/aromatic N) is 6. The zero-order valence-electron chi connectivity index (χ0n) is 51.2. The van der Waals surface area contributed by atoms with E-state index in [9.17, 15) is 106 Å². The lowest BCUT2D eigenvalue weighted by Gasteiger charge is -2.50. The number of hydrogen-bond acceptors (Lipinski definition) is 44. The highest BCUT2D eigenvalue weighted by Gasteiger charge is 2.60. The van der Waals surface area contributed by atoms with Gasteiger partial charge in [0.05, 0.1) is 26.4 Å². The lowest BCUT2D eigenvalue weighted by Crippen LogP contribution is -2.68. The smallest absolute Gasteiger partial charge is 0.351 e. The van der Waals surface area contributed by atoms with Gasteiger partial charge in [0, 0.05) is 0 Å². The molecule has 0 aromatic carbocycles. The molecule has 24 rings (SSSR count). The molecule has 21 saturated heterocycles. The van der Waals surface area contributed by atoms with Gasteiger partial charge in [0.25, 0.3) is 0 Å². The number of ether oxygens (including phenoxy) is 17. The van der Waals surface area contributed by atoms with E-state index >= 15 is 0 Å². The van der Waals surface area contributed by atoms with Crippen LogP contribution in [0.3, 0.4) is 0 Å². The number of nitrogens with one attached hydrogen (secondary N) is 3. The minimum Gasteiger partial charge on any atom is -0.460 e. The summed E-state index contributed by atoms with van der Waals surface area (Å²) >= 11 is 17.7. The van der Waals surface area contributed by atoms with Crippen LogP contribution in [0.15, 0.2) is 14.4 Å². The third kappa shape index (κ3) is 16.8. The number of hydrogen-bond donors (Lipinski definition) is 21. The largest absolute Gasteiger partial charge is 0.460 e. The van der Waals surface area contributed by atoms with Crippen LogP contribution in [0, 0.1) is 0 Å². The first kappa shape index (κ1) is 77.5. The second-order valence-electron chi connectivity index (χ2n) is 23.7. The van der Waals surface area contributed by atoms with Crippen molar-refractivity contribution in [2.45, 2.75) is 215 Å². The first-order valence-corrected chi connectivity index (χ1v) is 31.6. The van der Waals surface area contributed by atoms with Gasteiger partial charge in [-0.05, 0) is 34.8 Å². The number of halogens is 3. The molecule has 21 aliphatic heterocycles. The highest BCUT2D eigenvalue weighted by Crippen LogP contribution is 2.40. The van der Waals surface area contributed by atoms with E-state index in [-0.39, 0.29) is 0 Å². The summed E-state index contributed by atoms with van der Waals surface area (Å²) < 4.78 is 99.3. The molecule has 21 fully saturated rings. The lowest BCUT2D eigenvalue weighted by molar-refractivity contribution is -0.396. The summed E-state index contributed by atoms with van der Waals surface area (Å²) in [6.45, 7) is -7.46. The maximum absolute atomic E-state index is 12.3. The SMILES string of the molecule is O=c1nc(OC[C@H]2O[C@@H]3O[C@H]4[C@H](O)[C@@H](O)[C@@H](O[C@H]5[C@H](O)[C@@H](O)[C@@H](O[C@H]6[C@H](O)[C@@H](O)[C@@H](O[C@H]7[C@H](O)[C@@H](O)[C@@H](O[C@H]8[C@H](O)[C@@H](O)[C@@H](O[C@H]9[C@H](O)[C@@H](O)[C@@H](O[C@H]2[C@H](O)[C@H]3O)O[C@@H]9CO)O[C@@H]8CO)O[C@@H]7COc2nc(Cl)[nH]c(=O)n2)O[C@@H]6COc2nc(Cl)[nH]c(=O)n2)O[C@@H]5CO)O[C@@H]4CO)nc(Cl)[nH]1. The van der Waals surface area contributed by atoms with Crippen molar-refractivity contribution in [1.82, 2.24) is 44.9 Å². The molecule has 0 unspecified atom stereocenters. The Morgan fingerprint density at radius 2 is 0.436 bits per heavy atom. The van der Waals surface area contributed by atoms with Gasteiger partial charge in [0.1, 0.15) is 191 Å². The molecule has 35 atom stereocenters. The van der Waals surface area contributed by atoms with Gasteiger partial charge in [-0.15, -0.1) is 15.0 Å². The third-order valence-electron chi connectivity index (χ3n) is 17.2. The van der Waals surface area contributed by atoms with E-state index in [1.54, 1.807) is 0 Å². The fourth-order valence-electron chi connectivity index (χ4n) is 12.1. The third-order valence-corrected chi connectivity index (χ3v) is 17.7. The highest BCUT2D eigenvalue weighted by atomic mass is 35.5. The Balaban J connectivity index is 0.930. The minimum absolute atomic E-state index is 0.536. The van der Waals surface area contributed by atoms with Crippen LogP contribution in [0.4, 0.5) is 0 Å². The van der Waals surface area contributed by atoms with Crippen molar-refractivity contribution in [3.05, 3.63) is 47.3 Å². The van der Waals surface area contributed by atoms with Crippen molar-refractivity contribution in [1.29, 1.82) is 0 Å². The van der Waals surface area contributed by atoms with E-state index in [0.717, 1.165) is 0 Å². The topological polar surface area (TPSA) is 697 Å². The van der Waals surface area contributed by atoms with Crippen molar-refractivity contribution in [3.8, 4) is 18.0 Å². The van der Waals surface area contributed by atoms with Crippen LogP contribution >= 0.6 is 34.8 Å². The molecular formula is C51H70Cl3N9O38. The van der Waals surface area contributed by atoms with Crippen LogP contribution in [0.2, 0.25) is 15.9 Å². The van der Waals surface area contributed by atoms with Gasteiger partial charge in [-0.3, -0.25) is 15.0 Å². The number of aromatic amines is 3. The van der Waals surface area contributed by atoms with Gasteiger partial charge >= 0.3 is 35.1 Å². The van der Waals surface area contributed by atoms with Crippen molar-refractivity contribution in [3.63, 3.8) is 0 Å². The molecule has 0 saturated carbocycles. The fraction of sp³-hybridized carbons (Fsp3) is 0.824. The normalized spacial score (nSPS) is 44.8. The molecule has 14 bridgehead atoms. The molecule has 21 N–H and O–H groups in total. The van der Waals surface area contributed by atoms with Gasteiger partial charge in [-0.2, -0.15) is 15.0 Å². The van der Waals surface area contributed by atoms with Crippen molar-refractivity contribution in [2.24, 2.45) is 0 Å². The molecule has 50 heteroatoms. The predicted octanol–water partition coefficient (Wildman–Crippen LogP) is -14.6. The summed E-state index contributed by atoms with van der Waals surface area (Å²) in [5, 5.41) is 206. The molecule has 3 aromatic rings. The van der Waals surface area contributed by atoms with E-state index in [2.05, 4.69) is 44.9 Å². The van der Waals surface area contributed by atoms with E-state index < -0.39 is 312 Å². The second kappa shape index (κ2) is 33.1. The fourth-order valence-corrected chi connectivity index (χ4v) is 12.5. The maximum atomic E-state index is 12.3. The number of aliphatic hydroxyl groups excluding tert-OH is 18. The molecular weight excluding hydrogens is 1450 g/mol. The molecule has 0 amide bonds. The second-order valence-corrected chi connectivity index (χ2v) is 24.8. The summed E-state index contributed by atoms with van der Waals surface area (Å²) in [6, 6.07) is -2.23. The summed E-state index contributed by atoms with van der Waals surface area (Å²) in [4.78, 5) is 64.7. The monoisotopic (exact) mass is 1520 g/mol. The number of aromatic nitrogens is 9. The predicted molar refractivity (Wildman–Crippen MR) is 307 cm³/mol. The highest BCUT2D eigenvalue weighted by molar-refractivity contribution is 6.28. The van der Waals surface area contributed by atoms with Crippen molar-refractivity contribution in [2.75, 3.05) is 46.2 Å². The Kier molecular flexibility index (Phi) is 25.4. The Morgan fingerprint density at radius 1 is 0.267 bits per heavy atom. The molecule has 568 valence electrons. The minimum atomic E-state index is -2.40. The van der Waals surface area contributed by atoms with E-state index in [4.69, 9.17) is 115 Å². The molecule has 3 aromatic heterocycles. The van der Waals surface area contributed by atoms with Gasteiger partial charge in [0.2, 0.25) is 15.9 Å². The summed E-state index contributed by atoms with van der Waals surface area (Å²) in [5.74, 6) is 0. The molecule has 0 radical (unpaired) electrons. The zero-order valence-corrected chi connectivity index (χ0v) is 53.5. The molecule has 24 heterocycles. The summed E-state index contributed by atoms with van der Waals surface area (Å²) in [5.41, 5.74) is -3.26. The molecule has 21 aliphatic rings. The van der Waals surface area contributed by atoms with Gasteiger partial charge < -0.3 is 172 Å². The molecule has 101 heavy (non-hydrogen) atoms. The Hall–Kier alpha value is -4.58. The summed E-state index contributed by atoms with van der Waals surface area (Å²) in [7, 11) is 0. The van der Waals surface area contributed by atoms with Crippen LogP contribution in [0.25, 0.3) is 0 Å². The average Bonchev–Trinajstić information content (AvgIpc) is 0.794. The number of rotatable bonds is 13. The van der Waals surface area contributed by atoms with Crippen LogP contribution < -0.4 is 31.3 Å². The van der Waals surface area contributed by atoms with Crippen LogP contribution in [-0.2, 0) is 66.3 Å². The van der Waals surface area contributed by atoms with Crippen molar-refractivity contribution >= 4 is 34.8 Å². The maximum Gasteiger partial charge on any atom is 0.351 e. The van der Waals surface area contributed by atoms with Crippen LogP contribution in [-0.4, -0.2) is 398 Å². The molecule has 0 aliphatic carbocycles. The van der Waals surface area contributed by atoms with Crippen LogP contribution in [0.5, 0.6) is 18.0 Å². The number of H-pyrrole nitrogens is 3. The standard InChI is InChI=1S/C51H70Cl3N9O38/c52-43-55-46(82)61-49(58-43)85-5-12-33-19(72)26(79)40(92-12)97-31-10(3-66)88-36(22(75)15(31)68)96-30-9(2-65)91-39(25(78)18(30)71)100-34-13(6-86-50-59-44(53)56-47(83)62-50)94-42(28(81)21(34)74)101-35-14(7-87-51-60-45(54)57-48(84)63-51)93-41(27(80)20(35)73)98-32-11(4-67)89-37(23(76)16(32)69)95-29-8(1-64)90-38(99-33)24(77)17(29)70/h8-42,64-81H,1-7H2,(H,55,58,61,82)(H,56,59,62,83)(H,57,60,63,84)/t8-,9-,10-,11-,12-,13-,14-,15-,16-,17-,18-,19-,20-,21-,22-,23-,24-,25-,26-,27-,28-,29-,30-,31-,32-,33-,34-,35-,36-,37-,38-,39-,40-,41-,42-/m1/s1. The Bertz CT molecular complexity index is 3340. The van der Waals surface area contributed by atoms with Gasteiger partial charge in [-0.25, -0.2) is 14.4 Å². The molecule has 47 nitrogen and oxygen atoms in total. The van der Waals surface area contributed by atoms with E-state index in [1.807, 2.05) is 0 Å². The Morgan fingerprint density at radius 3 is 0.604 bits per heavy atom. The average molecular weight is 1520 g/mol. The van der Waals surface area contributed by atoms with E-state index in [0.29, 0.717) is 0 Å². The first-order chi connectivity index (χ1) is 48.1. The Labute approximate surface area is 576 Å². The zero-order chi connectivity index (χ0) is 72.7. The number of aliphatic hydroxyl groups is 18. The van der Waals surface area contributed by atoms with Gasteiger partial charge in [0.15, 0.2) is 44.0 Å². The lowest BCUT2D eigenvalue weighted by atomic mass is 9.95. The van der Waals surface area contributed by atoms with Crippen LogP contribution in [0.1, 0.15) is 0 Å². The van der Waals surface area contributed by atoms with Crippen molar-refractivity contribution < 1.29 is 172 Å².